The summed E-state index contributed by atoms with van der Waals surface area (Å²) in [6, 6.07) is 24.5. The van der Waals surface area contributed by atoms with Gasteiger partial charge in [-0.1, -0.05) is 60.7 Å². The summed E-state index contributed by atoms with van der Waals surface area (Å²) in [5, 5.41) is 27.0. The standard InChI is InChI=1S/C26H20N6O3/c33-23(34)15-31-21-12-6-7-13-22(21)32-24(16-8-2-1-3-9-16)29-30-25(32)18(26(31)35)14-20-17-10-4-5-11-19(17)27-28-20/h1-13,18H,14-15H2,(H,27,28)(H,33,34)/t18-/m0/s1. The van der Waals surface area contributed by atoms with Crippen LogP contribution in [-0.4, -0.2) is 48.5 Å². The topological polar surface area (TPSA) is 117 Å². The number of aromatic nitrogens is 5. The molecule has 1 aliphatic heterocycles. The van der Waals surface area contributed by atoms with Crippen LogP contribution in [0.5, 0.6) is 0 Å². The van der Waals surface area contributed by atoms with Crippen molar-refractivity contribution in [2.45, 2.75) is 12.3 Å². The number of para-hydroxylation sites is 3. The van der Waals surface area contributed by atoms with Crippen molar-refractivity contribution in [3.05, 3.63) is 90.4 Å². The first-order valence-electron chi connectivity index (χ1n) is 11.2. The second-order valence-electron chi connectivity index (χ2n) is 8.36. The van der Waals surface area contributed by atoms with Gasteiger partial charge in [0, 0.05) is 17.4 Å². The Bertz CT molecular complexity index is 1570. The third kappa shape index (κ3) is 3.45. The Morgan fingerprint density at radius 2 is 1.63 bits per heavy atom. The van der Waals surface area contributed by atoms with Gasteiger partial charge in [-0.05, 0) is 18.2 Å². The van der Waals surface area contributed by atoms with Crippen molar-refractivity contribution >= 4 is 28.5 Å². The summed E-state index contributed by atoms with van der Waals surface area (Å²) in [5.41, 5.74) is 3.55. The zero-order valence-electron chi connectivity index (χ0n) is 18.5. The van der Waals surface area contributed by atoms with Crippen LogP contribution in [0.3, 0.4) is 0 Å². The number of nitrogens with zero attached hydrogens (tertiary/aromatic N) is 5. The third-order valence-electron chi connectivity index (χ3n) is 6.25. The highest BCUT2D eigenvalue weighted by Crippen LogP contribution is 2.38. The van der Waals surface area contributed by atoms with E-state index in [1.54, 1.807) is 12.1 Å². The third-order valence-corrected chi connectivity index (χ3v) is 6.25. The number of amides is 1. The van der Waals surface area contributed by atoms with E-state index in [9.17, 15) is 14.7 Å². The monoisotopic (exact) mass is 464 g/mol. The molecule has 3 heterocycles. The quantitative estimate of drug-likeness (QED) is 0.411. The van der Waals surface area contributed by atoms with E-state index < -0.39 is 18.4 Å². The van der Waals surface area contributed by atoms with Gasteiger partial charge in [-0.2, -0.15) is 5.10 Å². The summed E-state index contributed by atoms with van der Waals surface area (Å²) in [7, 11) is 0. The molecule has 3 aromatic carbocycles. The highest BCUT2D eigenvalue weighted by Gasteiger charge is 2.39. The maximum atomic E-state index is 14.0. The summed E-state index contributed by atoms with van der Waals surface area (Å²) in [5.74, 6) is -1.23. The van der Waals surface area contributed by atoms with Crippen molar-refractivity contribution in [2.24, 2.45) is 0 Å². The highest BCUT2D eigenvalue weighted by molar-refractivity contribution is 6.04. The number of carbonyl (C=O) groups excluding carboxylic acids is 1. The molecule has 0 unspecified atom stereocenters. The van der Waals surface area contributed by atoms with Crippen molar-refractivity contribution in [1.29, 1.82) is 0 Å². The molecule has 9 nitrogen and oxygen atoms in total. The molecule has 0 aliphatic carbocycles. The molecule has 0 fully saturated rings. The Balaban J connectivity index is 1.58. The minimum Gasteiger partial charge on any atom is -0.480 e. The Labute approximate surface area is 199 Å². The molecule has 1 aliphatic rings. The molecule has 35 heavy (non-hydrogen) atoms. The number of carboxylic acids is 1. The SMILES string of the molecule is O=C(O)CN1C(=O)[C@@H](Cc2n[nH]c3ccccc23)c2nnc(-c3ccccc3)n2-c2ccccc21. The maximum absolute atomic E-state index is 14.0. The zero-order chi connectivity index (χ0) is 23.9. The minimum absolute atomic E-state index is 0.236. The summed E-state index contributed by atoms with van der Waals surface area (Å²) < 4.78 is 1.87. The second-order valence-corrected chi connectivity index (χ2v) is 8.36. The van der Waals surface area contributed by atoms with Gasteiger partial charge in [-0.3, -0.25) is 24.2 Å². The molecule has 0 radical (unpaired) electrons. The predicted octanol–water partition coefficient (Wildman–Crippen LogP) is 3.57. The van der Waals surface area contributed by atoms with Crippen LogP contribution in [-0.2, 0) is 16.0 Å². The van der Waals surface area contributed by atoms with Gasteiger partial charge in [-0.15, -0.1) is 10.2 Å². The summed E-state index contributed by atoms with van der Waals surface area (Å²) >= 11 is 0. The molecule has 2 aromatic heterocycles. The smallest absolute Gasteiger partial charge is 0.323 e. The van der Waals surface area contributed by atoms with Crippen molar-refractivity contribution in [3.8, 4) is 17.1 Å². The van der Waals surface area contributed by atoms with Crippen molar-refractivity contribution in [1.82, 2.24) is 25.0 Å². The number of hydrogen-bond donors (Lipinski definition) is 2. The molecule has 0 spiro atoms. The summed E-state index contributed by atoms with van der Waals surface area (Å²) in [4.78, 5) is 27.1. The fraction of sp³-hybridized carbons (Fsp3) is 0.115. The van der Waals surface area contributed by atoms with E-state index in [1.807, 2.05) is 71.3 Å². The second kappa shape index (κ2) is 8.21. The minimum atomic E-state index is -1.10. The number of rotatable bonds is 5. The van der Waals surface area contributed by atoms with E-state index in [1.165, 1.54) is 4.90 Å². The lowest BCUT2D eigenvalue weighted by Gasteiger charge is -2.23. The molecule has 9 heteroatoms. The summed E-state index contributed by atoms with van der Waals surface area (Å²) in [6.45, 7) is -0.466. The van der Waals surface area contributed by atoms with Gasteiger partial charge in [0.1, 0.15) is 12.5 Å². The lowest BCUT2D eigenvalue weighted by Crippen LogP contribution is -2.39. The molecule has 5 aromatic rings. The van der Waals surface area contributed by atoms with Gasteiger partial charge in [0.15, 0.2) is 11.6 Å². The molecule has 0 bridgehead atoms. The Morgan fingerprint density at radius 3 is 2.43 bits per heavy atom. The zero-order valence-corrected chi connectivity index (χ0v) is 18.5. The Hall–Kier alpha value is -4.79. The van der Waals surface area contributed by atoms with Gasteiger partial charge < -0.3 is 5.11 Å². The van der Waals surface area contributed by atoms with Crippen molar-refractivity contribution < 1.29 is 14.7 Å². The fourth-order valence-electron chi connectivity index (χ4n) is 4.68. The van der Waals surface area contributed by atoms with Crippen LogP contribution < -0.4 is 4.90 Å². The number of carbonyl (C=O) groups is 2. The van der Waals surface area contributed by atoms with E-state index in [0.29, 0.717) is 28.7 Å². The molecule has 172 valence electrons. The first-order chi connectivity index (χ1) is 17.1. The first kappa shape index (κ1) is 20.8. The average Bonchev–Trinajstić information content (AvgIpc) is 3.48. The van der Waals surface area contributed by atoms with Gasteiger partial charge in [0.05, 0.1) is 22.6 Å². The number of H-pyrrole nitrogens is 1. The van der Waals surface area contributed by atoms with E-state index in [4.69, 9.17) is 0 Å². The highest BCUT2D eigenvalue weighted by atomic mass is 16.4. The predicted molar refractivity (Wildman–Crippen MR) is 129 cm³/mol. The van der Waals surface area contributed by atoms with E-state index in [0.717, 1.165) is 16.5 Å². The Morgan fingerprint density at radius 1 is 0.914 bits per heavy atom. The number of hydrogen-bond acceptors (Lipinski definition) is 5. The molecule has 1 atom stereocenters. The van der Waals surface area contributed by atoms with E-state index >= 15 is 0 Å². The molecule has 2 N–H and O–H groups in total. The van der Waals surface area contributed by atoms with E-state index in [-0.39, 0.29) is 12.3 Å². The summed E-state index contributed by atoms with van der Waals surface area (Å²) in [6.07, 6.45) is 0.236. The maximum Gasteiger partial charge on any atom is 0.323 e. The number of fused-ring (bicyclic) bond motifs is 4. The lowest BCUT2D eigenvalue weighted by molar-refractivity contribution is -0.136. The van der Waals surface area contributed by atoms with Crippen LogP contribution in [0.1, 0.15) is 17.4 Å². The number of benzene rings is 3. The average molecular weight is 464 g/mol. The van der Waals surface area contributed by atoms with Crippen molar-refractivity contribution in [3.63, 3.8) is 0 Å². The van der Waals surface area contributed by atoms with Crippen molar-refractivity contribution in [2.75, 3.05) is 11.4 Å². The fourth-order valence-corrected chi connectivity index (χ4v) is 4.68. The van der Waals surface area contributed by atoms with Gasteiger partial charge >= 0.3 is 5.97 Å². The Kier molecular flexibility index (Phi) is 4.88. The van der Waals surface area contributed by atoms with Gasteiger partial charge in [-0.25, -0.2) is 0 Å². The molecule has 0 saturated carbocycles. The van der Waals surface area contributed by atoms with Gasteiger partial charge in [0.2, 0.25) is 5.91 Å². The molecular formula is C26H20N6O3. The molecule has 1 amide bonds. The number of aliphatic carboxylic acids is 1. The number of anilines is 1. The normalized spacial score (nSPS) is 15.0. The lowest BCUT2D eigenvalue weighted by atomic mass is 9.98. The van der Waals surface area contributed by atoms with Crippen LogP contribution in [0, 0.1) is 0 Å². The van der Waals surface area contributed by atoms with Crippen LogP contribution in [0.25, 0.3) is 28.0 Å². The molecular weight excluding hydrogens is 444 g/mol. The number of nitrogens with one attached hydrogen (secondary N) is 1. The van der Waals surface area contributed by atoms with Gasteiger partial charge in [0.25, 0.3) is 0 Å². The van der Waals surface area contributed by atoms with Crippen LogP contribution in [0.15, 0.2) is 78.9 Å². The van der Waals surface area contributed by atoms with Crippen LogP contribution in [0.2, 0.25) is 0 Å². The number of aromatic amines is 1. The molecule has 6 rings (SSSR count). The first-order valence-corrected chi connectivity index (χ1v) is 11.2. The number of carboxylic acid groups (broad SMARTS) is 1. The molecule has 0 saturated heterocycles. The van der Waals surface area contributed by atoms with Crippen LogP contribution in [0.4, 0.5) is 5.69 Å². The van der Waals surface area contributed by atoms with E-state index in [2.05, 4.69) is 20.4 Å². The van der Waals surface area contributed by atoms with Crippen LogP contribution >= 0.6 is 0 Å². The largest absolute Gasteiger partial charge is 0.480 e.